The predicted octanol–water partition coefficient (Wildman–Crippen LogP) is 3.87. The summed E-state index contributed by atoms with van der Waals surface area (Å²) in [6.45, 7) is 0.857. The van der Waals surface area contributed by atoms with Crippen LogP contribution in [0.25, 0.3) is 10.8 Å². The van der Waals surface area contributed by atoms with Gasteiger partial charge >= 0.3 is 0 Å². The number of hydrogen-bond acceptors (Lipinski definition) is 2. The number of fused-ring (bicyclic) bond motifs is 1. The molecule has 4 heteroatoms. The van der Waals surface area contributed by atoms with Crippen LogP contribution in [0.15, 0.2) is 54.9 Å². The van der Waals surface area contributed by atoms with Crippen LogP contribution in [0.4, 0.5) is 0 Å². The van der Waals surface area contributed by atoms with E-state index in [-0.39, 0.29) is 11.9 Å². The molecule has 1 saturated heterocycles. The van der Waals surface area contributed by atoms with Gasteiger partial charge in [0.25, 0.3) is 0 Å². The summed E-state index contributed by atoms with van der Waals surface area (Å²) in [5.74, 6) is 0.250. The topological polar surface area (TPSA) is 38.1 Å². The van der Waals surface area contributed by atoms with E-state index in [1.807, 2.05) is 29.0 Å². The second kappa shape index (κ2) is 6.71. The van der Waals surface area contributed by atoms with Gasteiger partial charge < -0.3 is 4.90 Å². The van der Waals surface area contributed by atoms with Crippen LogP contribution in [-0.2, 0) is 18.3 Å². The molecule has 0 unspecified atom stereocenters. The standard InChI is InChI=1S/C21H23N3O/c1-23-15-19(14-22-23)20-7-4-12-24(20)21(25)11-9-16-8-10-17-5-2-3-6-18(17)13-16/h2-3,5-6,8,10,13-15,20H,4,7,9,11-12H2,1H3/t20-/m0/s1. The molecule has 0 saturated carbocycles. The third-order valence-electron chi connectivity index (χ3n) is 5.12. The fraction of sp³-hybridized carbons (Fsp3) is 0.333. The SMILES string of the molecule is Cn1cc([C@@H]2CCCN2C(=O)CCc2ccc3ccccc3c2)cn1. The van der Waals surface area contributed by atoms with Gasteiger partial charge in [0.2, 0.25) is 5.91 Å². The van der Waals surface area contributed by atoms with E-state index in [2.05, 4.69) is 47.6 Å². The fourth-order valence-corrected chi connectivity index (χ4v) is 3.81. The minimum Gasteiger partial charge on any atom is -0.336 e. The minimum absolute atomic E-state index is 0.192. The Kier molecular flexibility index (Phi) is 4.26. The van der Waals surface area contributed by atoms with Gasteiger partial charge in [-0.1, -0.05) is 42.5 Å². The minimum atomic E-state index is 0.192. The molecule has 3 aromatic rings. The number of carbonyl (C=O) groups excluding carboxylic acids is 1. The van der Waals surface area contributed by atoms with Gasteiger partial charge in [0.1, 0.15) is 0 Å². The maximum absolute atomic E-state index is 12.8. The molecule has 0 radical (unpaired) electrons. The van der Waals surface area contributed by atoms with E-state index in [1.54, 1.807) is 0 Å². The number of nitrogens with zero attached hydrogens (tertiary/aromatic N) is 3. The Morgan fingerprint density at radius 1 is 1.20 bits per heavy atom. The number of rotatable bonds is 4. The van der Waals surface area contributed by atoms with Crippen molar-refractivity contribution in [2.24, 2.45) is 7.05 Å². The molecule has 0 bridgehead atoms. The van der Waals surface area contributed by atoms with E-state index >= 15 is 0 Å². The second-order valence-corrected chi connectivity index (χ2v) is 6.87. The van der Waals surface area contributed by atoms with Gasteiger partial charge in [0, 0.05) is 31.8 Å². The van der Waals surface area contributed by atoms with E-state index < -0.39 is 0 Å². The normalized spacial score (nSPS) is 17.3. The maximum Gasteiger partial charge on any atom is 0.223 e. The molecule has 1 amide bonds. The quantitative estimate of drug-likeness (QED) is 0.727. The third-order valence-corrected chi connectivity index (χ3v) is 5.12. The predicted molar refractivity (Wildman–Crippen MR) is 99.2 cm³/mol. The molecule has 128 valence electrons. The third kappa shape index (κ3) is 3.29. The van der Waals surface area contributed by atoms with Crippen molar-refractivity contribution in [2.75, 3.05) is 6.54 Å². The van der Waals surface area contributed by atoms with Crippen LogP contribution in [0.3, 0.4) is 0 Å². The van der Waals surface area contributed by atoms with Crippen molar-refractivity contribution in [2.45, 2.75) is 31.7 Å². The number of aromatic nitrogens is 2. The maximum atomic E-state index is 12.8. The zero-order valence-corrected chi connectivity index (χ0v) is 14.6. The Hall–Kier alpha value is -2.62. The molecular formula is C21H23N3O. The lowest BCUT2D eigenvalue weighted by molar-refractivity contribution is -0.132. The number of amides is 1. The van der Waals surface area contributed by atoms with Crippen LogP contribution >= 0.6 is 0 Å². The first-order valence-electron chi connectivity index (χ1n) is 8.96. The fourth-order valence-electron chi connectivity index (χ4n) is 3.81. The van der Waals surface area contributed by atoms with Gasteiger partial charge in [-0.3, -0.25) is 9.48 Å². The summed E-state index contributed by atoms with van der Waals surface area (Å²) in [4.78, 5) is 14.8. The molecule has 0 N–H and O–H groups in total. The average molecular weight is 333 g/mol. The van der Waals surface area contributed by atoms with Gasteiger partial charge in [0.15, 0.2) is 0 Å². The molecule has 1 fully saturated rings. The first kappa shape index (κ1) is 15.9. The number of carbonyl (C=O) groups is 1. The molecule has 1 aliphatic rings. The highest BCUT2D eigenvalue weighted by Crippen LogP contribution is 2.32. The Morgan fingerprint density at radius 3 is 2.84 bits per heavy atom. The molecule has 2 heterocycles. The van der Waals surface area contributed by atoms with E-state index in [1.165, 1.54) is 16.3 Å². The van der Waals surface area contributed by atoms with Gasteiger partial charge in [-0.15, -0.1) is 0 Å². The van der Waals surface area contributed by atoms with Gasteiger partial charge in [-0.25, -0.2) is 0 Å². The molecular weight excluding hydrogens is 310 g/mol. The molecule has 1 aromatic heterocycles. The lowest BCUT2D eigenvalue weighted by atomic mass is 10.0. The molecule has 4 nitrogen and oxygen atoms in total. The van der Waals surface area contributed by atoms with E-state index in [9.17, 15) is 4.79 Å². The summed E-state index contributed by atoms with van der Waals surface area (Å²) in [5.41, 5.74) is 2.38. The van der Waals surface area contributed by atoms with E-state index in [0.717, 1.165) is 31.4 Å². The molecule has 0 spiro atoms. The van der Waals surface area contributed by atoms with Crippen molar-refractivity contribution in [3.8, 4) is 0 Å². The van der Waals surface area contributed by atoms with E-state index in [4.69, 9.17) is 0 Å². The van der Waals surface area contributed by atoms with Crippen molar-refractivity contribution in [1.82, 2.24) is 14.7 Å². The van der Waals surface area contributed by atoms with Crippen molar-refractivity contribution < 1.29 is 4.79 Å². The molecule has 1 aliphatic heterocycles. The van der Waals surface area contributed by atoms with Crippen LogP contribution in [0.5, 0.6) is 0 Å². The molecule has 2 aromatic carbocycles. The van der Waals surface area contributed by atoms with Crippen LogP contribution < -0.4 is 0 Å². The number of benzene rings is 2. The molecule has 25 heavy (non-hydrogen) atoms. The number of likely N-dealkylation sites (tertiary alicyclic amines) is 1. The Labute approximate surface area is 148 Å². The summed E-state index contributed by atoms with van der Waals surface area (Å²) >= 11 is 0. The van der Waals surface area contributed by atoms with Crippen molar-refractivity contribution in [3.63, 3.8) is 0 Å². The Bertz CT molecular complexity index is 899. The Morgan fingerprint density at radius 2 is 2.04 bits per heavy atom. The van der Waals surface area contributed by atoms with Crippen LogP contribution in [0.1, 0.15) is 36.4 Å². The lowest BCUT2D eigenvalue weighted by Gasteiger charge is -2.24. The summed E-state index contributed by atoms with van der Waals surface area (Å²) < 4.78 is 1.81. The van der Waals surface area contributed by atoms with Gasteiger partial charge in [-0.05, 0) is 35.6 Å². The second-order valence-electron chi connectivity index (χ2n) is 6.87. The van der Waals surface area contributed by atoms with Crippen molar-refractivity contribution in [1.29, 1.82) is 0 Å². The highest BCUT2D eigenvalue weighted by atomic mass is 16.2. The van der Waals surface area contributed by atoms with Crippen molar-refractivity contribution >= 4 is 16.7 Å². The summed E-state index contributed by atoms with van der Waals surface area (Å²) in [6.07, 6.45) is 7.38. The van der Waals surface area contributed by atoms with Crippen molar-refractivity contribution in [3.05, 3.63) is 66.0 Å². The monoisotopic (exact) mass is 333 g/mol. The number of aryl methyl sites for hydroxylation is 2. The molecule has 1 atom stereocenters. The Balaban J connectivity index is 1.43. The van der Waals surface area contributed by atoms with Crippen LogP contribution in [0, 0.1) is 0 Å². The summed E-state index contributed by atoms with van der Waals surface area (Å²) in [6, 6.07) is 15.0. The number of hydrogen-bond donors (Lipinski definition) is 0. The van der Waals surface area contributed by atoms with Crippen LogP contribution in [0.2, 0.25) is 0 Å². The smallest absolute Gasteiger partial charge is 0.223 e. The molecule has 0 aliphatic carbocycles. The lowest BCUT2D eigenvalue weighted by Crippen LogP contribution is -2.30. The largest absolute Gasteiger partial charge is 0.336 e. The zero-order chi connectivity index (χ0) is 17.2. The first-order valence-corrected chi connectivity index (χ1v) is 8.96. The van der Waals surface area contributed by atoms with E-state index in [0.29, 0.717) is 6.42 Å². The highest BCUT2D eigenvalue weighted by molar-refractivity contribution is 5.83. The molecule has 4 rings (SSSR count). The summed E-state index contributed by atoms with van der Waals surface area (Å²) in [5, 5.41) is 6.74. The highest BCUT2D eigenvalue weighted by Gasteiger charge is 2.30. The van der Waals surface area contributed by atoms with Gasteiger partial charge in [-0.2, -0.15) is 5.10 Å². The summed E-state index contributed by atoms with van der Waals surface area (Å²) in [7, 11) is 1.92. The van der Waals surface area contributed by atoms with Crippen LogP contribution in [-0.4, -0.2) is 27.1 Å². The average Bonchev–Trinajstić information content (AvgIpc) is 3.28. The zero-order valence-electron chi connectivity index (χ0n) is 14.6. The van der Waals surface area contributed by atoms with Gasteiger partial charge in [0.05, 0.1) is 12.2 Å². The first-order chi connectivity index (χ1) is 12.2.